The molecule has 24 heavy (non-hydrogen) atoms. The number of methoxy groups -OCH3 is 1. The summed E-state index contributed by atoms with van der Waals surface area (Å²) in [6.07, 6.45) is 0.745. The number of aryl methyl sites for hydroxylation is 2. The van der Waals surface area contributed by atoms with Crippen LogP contribution in [0, 0.1) is 6.92 Å². The van der Waals surface area contributed by atoms with E-state index < -0.39 is 5.60 Å². The minimum atomic E-state index is -0.847. The summed E-state index contributed by atoms with van der Waals surface area (Å²) < 4.78 is 16.3. The molecule has 0 radical (unpaired) electrons. The third-order valence-corrected chi connectivity index (χ3v) is 4.19. The molecule has 0 spiro atoms. The molecule has 0 bridgehead atoms. The second-order valence-electron chi connectivity index (χ2n) is 5.96. The summed E-state index contributed by atoms with van der Waals surface area (Å²) in [7, 11) is 3.12. The number of hydrogen-bond donors (Lipinski definition) is 1. The van der Waals surface area contributed by atoms with E-state index in [9.17, 15) is 9.59 Å². The summed E-state index contributed by atoms with van der Waals surface area (Å²) in [5.74, 6) is 0.204. The predicted octanol–water partition coefficient (Wildman–Crippen LogP) is 0.539. The van der Waals surface area contributed by atoms with Gasteiger partial charge in [0.15, 0.2) is 0 Å². The van der Waals surface area contributed by atoms with E-state index >= 15 is 0 Å². The van der Waals surface area contributed by atoms with E-state index in [1.54, 1.807) is 26.0 Å². The van der Waals surface area contributed by atoms with Gasteiger partial charge in [-0.1, -0.05) is 12.1 Å². The molecule has 1 unspecified atom stereocenters. The van der Waals surface area contributed by atoms with Gasteiger partial charge >= 0.3 is 0 Å². The summed E-state index contributed by atoms with van der Waals surface area (Å²) in [6.45, 7) is 4.96. The standard InChI is InChI=1S/C16H25N3O5/c1-5-12-14(11(2)24-18-12)15(21)19-6-7-23-16(9-19,10-22-4)8-13(20)17-3/h5-10H2,1-4H3,(H,17,20). The maximum absolute atomic E-state index is 12.9. The number of amides is 2. The van der Waals surface area contributed by atoms with E-state index in [0.29, 0.717) is 36.6 Å². The Labute approximate surface area is 141 Å². The Balaban J connectivity index is 2.23. The molecule has 8 heteroatoms. The molecule has 8 nitrogen and oxygen atoms in total. The normalized spacial score (nSPS) is 20.9. The molecule has 1 aliphatic heterocycles. The van der Waals surface area contributed by atoms with Crippen molar-refractivity contribution in [3.63, 3.8) is 0 Å². The van der Waals surface area contributed by atoms with Gasteiger partial charge in [0.1, 0.15) is 16.9 Å². The highest BCUT2D eigenvalue weighted by atomic mass is 16.5. The van der Waals surface area contributed by atoms with E-state index in [2.05, 4.69) is 10.5 Å². The topological polar surface area (TPSA) is 93.9 Å². The van der Waals surface area contributed by atoms with Gasteiger partial charge < -0.3 is 24.2 Å². The van der Waals surface area contributed by atoms with Gasteiger partial charge in [-0.05, 0) is 13.3 Å². The lowest BCUT2D eigenvalue weighted by molar-refractivity contribution is -0.150. The summed E-state index contributed by atoms with van der Waals surface area (Å²) in [4.78, 5) is 26.5. The van der Waals surface area contributed by atoms with Gasteiger partial charge in [-0.25, -0.2) is 0 Å². The molecule has 0 aliphatic carbocycles. The summed E-state index contributed by atoms with van der Waals surface area (Å²) >= 11 is 0. The second kappa shape index (κ2) is 7.76. The zero-order valence-electron chi connectivity index (χ0n) is 14.7. The third-order valence-electron chi connectivity index (χ3n) is 4.19. The minimum Gasteiger partial charge on any atom is -0.382 e. The highest BCUT2D eigenvalue weighted by Crippen LogP contribution is 2.25. The monoisotopic (exact) mass is 339 g/mol. The zero-order chi connectivity index (χ0) is 17.7. The smallest absolute Gasteiger partial charge is 0.259 e. The molecule has 134 valence electrons. The summed E-state index contributed by atoms with van der Waals surface area (Å²) in [5, 5.41) is 6.53. The van der Waals surface area contributed by atoms with E-state index in [1.165, 1.54) is 0 Å². The van der Waals surface area contributed by atoms with Crippen LogP contribution in [-0.4, -0.2) is 67.9 Å². The lowest BCUT2D eigenvalue weighted by Crippen LogP contribution is -2.57. The van der Waals surface area contributed by atoms with Crippen LogP contribution in [0.5, 0.6) is 0 Å². The number of hydrogen-bond acceptors (Lipinski definition) is 6. The van der Waals surface area contributed by atoms with Crippen LogP contribution < -0.4 is 5.32 Å². The Morgan fingerprint density at radius 3 is 2.83 bits per heavy atom. The van der Waals surface area contributed by atoms with E-state index in [1.807, 2.05) is 6.92 Å². The largest absolute Gasteiger partial charge is 0.382 e. The van der Waals surface area contributed by atoms with Gasteiger partial charge in [-0.15, -0.1) is 0 Å². The van der Waals surface area contributed by atoms with Gasteiger partial charge in [-0.2, -0.15) is 0 Å². The number of carbonyl (C=O) groups excluding carboxylic acids is 2. The number of carbonyl (C=O) groups is 2. The van der Waals surface area contributed by atoms with Crippen LogP contribution in [0.2, 0.25) is 0 Å². The van der Waals surface area contributed by atoms with Gasteiger partial charge in [0.25, 0.3) is 5.91 Å². The molecule has 2 heterocycles. The average Bonchev–Trinajstić information content (AvgIpc) is 2.95. The number of nitrogens with zero attached hydrogens (tertiary/aromatic N) is 2. The van der Waals surface area contributed by atoms with Crippen molar-refractivity contribution in [1.82, 2.24) is 15.4 Å². The molecule has 2 amide bonds. The van der Waals surface area contributed by atoms with Crippen LogP contribution in [0.3, 0.4) is 0 Å². The molecular weight excluding hydrogens is 314 g/mol. The lowest BCUT2D eigenvalue weighted by atomic mass is 9.96. The highest BCUT2D eigenvalue weighted by molar-refractivity contribution is 5.96. The van der Waals surface area contributed by atoms with Crippen LogP contribution in [-0.2, 0) is 20.7 Å². The third kappa shape index (κ3) is 3.76. The Morgan fingerprint density at radius 1 is 1.46 bits per heavy atom. The molecule has 1 aromatic rings. The number of ether oxygens (including phenoxy) is 2. The fourth-order valence-electron chi connectivity index (χ4n) is 3.00. The van der Waals surface area contributed by atoms with Crippen molar-refractivity contribution >= 4 is 11.8 Å². The summed E-state index contributed by atoms with van der Waals surface area (Å²) in [6, 6.07) is 0. The Hall–Kier alpha value is -1.93. The fourth-order valence-corrected chi connectivity index (χ4v) is 3.00. The van der Waals surface area contributed by atoms with Crippen molar-refractivity contribution in [3.8, 4) is 0 Å². The number of morpholine rings is 1. The Kier molecular flexibility index (Phi) is 5.95. The molecule has 0 saturated carbocycles. The molecule has 0 aromatic carbocycles. The van der Waals surface area contributed by atoms with Gasteiger partial charge in [0.05, 0.1) is 31.9 Å². The molecule has 2 rings (SSSR count). The molecule has 1 saturated heterocycles. The molecule has 1 atom stereocenters. The minimum absolute atomic E-state index is 0.129. The van der Waals surface area contributed by atoms with Crippen LogP contribution in [0.1, 0.15) is 35.2 Å². The molecular formula is C16H25N3O5. The van der Waals surface area contributed by atoms with E-state index in [4.69, 9.17) is 14.0 Å². The van der Waals surface area contributed by atoms with E-state index in [0.717, 1.165) is 0 Å². The SMILES string of the molecule is CCc1noc(C)c1C(=O)N1CCOC(COC)(CC(=O)NC)C1. The van der Waals surface area contributed by atoms with Crippen molar-refractivity contribution in [3.05, 3.63) is 17.0 Å². The Bertz CT molecular complexity index is 597. The number of aromatic nitrogens is 1. The number of nitrogens with one attached hydrogen (secondary N) is 1. The summed E-state index contributed by atoms with van der Waals surface area (Å²) in [5.41, 5.74) is 0.304. The molecule has 1 aliphatic rings. The first-order valence-corrected chi connectivity index (χ1v) is 8.04. The highest BCUT2D eigenvalue weighted by Gasteiger charge is 2.41. The van der Waals surface area contributed by atoms with Crippen molar-refractivity contribution in [2.24, 2.45) is 0 Å². The van der Waals surface area contributed by atoms with Crippen molar-refractivity contribution < 1.29 is 23.6 Å². The second-order valence-corrected chi connectivity index (χ2v) is 5.96. The average molecular weight is 339 g/mol. The number of rotatable bonds is 6. The van der Waals surface area contributed by atoms with Gasteiger partial charge in [-0.3, -0.25) is 9.59 Å². The van der Waals surface area contributed by atoms with Gasteiger partial charge in [0.2, 0.25) is 5.91 Å². The quantitative estimate of drug-likeness (QED) is 0.813. The maximum Gasteiger partial charge on any atom is 0.259 e. The van der Waals surface area contributed by atoms with Crippen LogP contribution in [0.15, 0.2) is 4.52 Å². The van der Waals surface area contributed by atoms with Crippen LogP contribution in [0.4, 0.5) is 0 Å². The first-order chi connectivity index (χ1) is 11.5. The van der Waals surface area contributed by atoms with Crippen molar-refractivity contribution in [2.75, 3.05) is 40.5 Å². The first-order valence-electron chi connectivity index (χ1n) is 8.04. The van der Waals surface area contributed by atoms with Crippen LogP contribution >= 0.6 is 0 Å². The van der Waals surface area contributed by atoms with E-state index in [-0.39, 0.29) is 31.4 Å². The molecule has 1 aromatic heterocycles. The zero-order valence-corrected chi connectivity index (χ0v) is 14.7. The van der Waals surface area contributed by atoms with Crippen molar-refractivity contribution in [2.45, 2.75) is 32.3 Å². The van der Waals surface area contributed by atoms with Crippen LogP contribution in [0.25, 0.3) is 0 Å². The maximum atomic E-state index is 12.9. The fraction of sp³-hybridized carbons (Fsp3) is 0.688. The first kappa shape index (κ1) is 18.4. The van der Waals surface area contributed by atoms with Crippen molar-refractivity contribution in [1.29, 1.82) is 0 Å². The Morgan fingerprint density at radius 2 is 2.21 bits per heavy atom. The molecule has 1 fully saturated rings. The molecule has 1 N–H and O–H groups in total. The predicted molar refractivity (Wildman–Crippen MR) is 85.8 cm³/mol. The van der Waals surface area contributed by atoms with Gasteiger partial charge in [0, 0.05) is 20.7 Å². The lowest BCUT2D eigenvalue weighted by Gasteiger charge is -2.42.